The average molecular weight is 450 g/mol. The van der Waals surface area contributed by atoms with Crippen molar-refractivity contribution in [2.45, 2.75) is 36.5 Å². The van der Waals surface area contributed by atoms with Crippen LogP contribution in [0.3, 0.4) is 0 Å². The van der Waals surface area contributed by atoms with Crippen molar-refractivity contribution in [1.82, 2.24) is 0 Å². The third-order valence-corrected chi connectivity index (χ3v) is 3.31. The van der Waals surface area contributed by atoms with Crippen LogP contribution in [0.5, 0.6) is 0 Å². The lowest BCUT2D eigenvalue weighted by atomic mass is 10.2. The summed E-state index contributed by atoms with van der Waals surface area (Å²) in [5, 5.41) is 0. The van der Waals surface area contributed by atoms with Gasteiger partial charge in [-0.15, -0.1) is 0 Å². The molecule has 0 rings (SSSR count). The SMILES string of the molecule is C[PH](=O)OCCCOCC(F)(F)C(F)(F)OCC(F)(F)C(F)(F)C(F)(F)F. The molecule has 0 bridgehead atoms. The maximum absolute atomic E-state index is 13.2. The van der Waals surface area contributed by atoms with Crippen molar-refractivity contribution >= 4 is 8.03 Å². The molecule has 0 aliphatic carbocycles. The maximum Gasteiger partial charge on any atom is 0.459 e. The van der Waals surface area contributed by atoms with Crippen molar-refractivity contribution in [3.63, 3.8) is 0 Å². The van der Waals surface area contributed by atoms with Gasteiger partial charge in [-0.1, -0.05) is 0 Å². The minimum atomic E-state index is -6.83. The number of halogens is 11. The second-order valence-electron chi connectivity index (χ2n) is 5.03. The number of hydrogen-bond donors (Lipinski definition) is 0. The Labute approximate surface area is 145 Å². The van der Waals surface area contributed by atoms with Crippen LogP contribution in [0.4, 0.5) is 48.3 Å². The van der Waals surface area contributed by atoms with Gasteiger partial charge in [0.2, 0.25) is 0 Å². The van der Waals surface area contributed by atoms with Crippen LogP contribution in [-0.4, -0.2) is 63.1 Å². The Hall–Kier alpha value is -0.660. The topological polar surface area (TPSA) is 44.8 Å². The third kappa shape index (κ3) is 7.35. The Morgan fingerprint density at radius 2 is 1.30 bits per heavy atom. The summed E-state index contributed by atoms with van der Waals surface area (Å²) in [6, 6.07) is 0. The molecule has 0 aromatic rings. The van der Waals surface area contributed by atoms with Crippen LogP contribution in [0.15, 0.2) is 0 Å². The van der Waals surface area contributed by atoms with Crippen LogP contribution in [0.25, 0.3) is 0 Å². The van der Waals surface area contributed by atoms with Crippen molar-refractivity contribution in [3.05, 3.63) is 0 Å². The Kier molecular flexibility index (Phi) is 9.00. The smallest absolute Gasteiger partial charge is 0.375 e. The number of ether oxygens (including phenoxy) is 2. The lowest BCUT2D eigenvalue weighted by Crippen LogP contribution is -2.56. The minimum Gasteiger partial charge on any atom is -0.375 e. The quantitative estimate of drug-likeness (QED) is 0.248. The molecule has 27 heavy (non-hydrogen) atoms. The first kappa shape index (κ1) is 26.3. The molecule has 0 aromatic carbocycles. The molecule has 1 unspecified atom stereocenters. The first-order valence-corrected chi connectivity index (χ1v) is 8.62. The highest BCUT2D eigenvalue weighted by Crippen LogP contribution is 2.47. The standard InChI is InChI=1S/C11H14F11O4P/c1-27(23)26-4-2-3-24-5-8(14,15)11(21,22)25-6-7(12,13)9(16,17)10(18,19)20/h27H,2-6H2,1H3. The fraction of sp³-hybridized carbons (Fsp3) is 1.00. The van der Waals surface area contributed by atoms with Crippen LogP contribution in [0.1, 0.15) is 6.42 Å². The summed E-state index contributed by atoms with van der Waals surface area (Å²) >= 11 is 0. The molecule has 0 aliphatic rings. The normalized spacial score (nSPS) is 15.9. The van der Waals surface area contributed by atoms with Gasteiger partial charge in [0.15, 0.2) is 8.03 Å². The Morgan fingerprint density at radius 1 is 0.778 bits per heavy atom. The van der Waals surface area contributed by atoms with Gasteiger partial charge in [-0.2, -0.15) is 48.3 Å². The van der Waals surface area contributed by atoms with Gasteiger partial charge in [0.1, 0.15) is 13.2 Å². The summed E-state index contributed by atoms with van der Waals surface area (Å²) < 4.78 is 161. The fourth-order valence-electron chi connectivity index (χ4n) is 1.25. The molecule has 0 heterocycles. The van der Waals surface area contributed by atoms with E-state index in [9.17, 15) is 52.9 Å². The minimum absolute atomic E-state index is 0.164. The van der Waals surface area contributed by atoms with Crippen LogP contribution in [0.2, 0.25) is 0 Å². The summed E-state index contributed by atoms with van der Waals surface area (Å²) in [6.45, 7) is -5.10. The molecule has 0 amide bonds. The van der Waals surface area contributed by atoms with E-state index < -0.39 is 57.9 Å². The summed E-state index contributed by atoms with van der Waals surface area (Å²) in [5.74, 6) is -18.3. The van der Waals surface area contributed by atoms with Gasteiger partial charge < -0.3 is 14.0 Å². The van der Waals surface area contributed by atoms with Crippen molar-refractivity contribution in [1.29, 1.82) is 0 Å². The molecule has 0 fully saturated rings. The second kappa shape index (κ2) is 9.23. The summed E-state index contributed by atoms with van der Waals surface area (Å²) in [4.78, 5) is 0. The number of hydrogen-bond acceptors (Lipinski definition) is 4. The van der Waals surface area contributed by atoms with E-state index in [1.807, 2.05) is 0 Å². The predicted molar refractivity (Wildman–Crippen MR) is 68.1 cm³/mol. The van der Waals surface area contributed by atoms with E-state index in [-0.39, 0.29) is 13.0 Å². The van der Waals surface area contributed by atoms with Gasteiger partial charge in [0.25, 0.3) is 0 Å². The Bertz CT molecular complexity index is 495. The van der Waals surface area contributed by atoms with Crippen LogP contribution < -0.4 is 0 Å². The van der Waals surface area contributed by atoms with Crippen molar-refractivity contribution < 1.29 is 66.9 Å². The van der Waals surface area contributed by atoms with E-state index in [0.29, 0.717) is 0 Å². The molecule has 0 saturated carbocycles. The van der Waals surface area contributed by atoms with E-state index >= 15 is 0 Å². The molecule has 0 radical (unpaired) electrons. The van der Waals surface area contributed by atoms with Gasteiger partial charge in [-0.05, 0) is 6.42 Å². The van der Waals surface area contributed by atoms with E-state index in [2.05, 4.69) is 14.0 Å². The highest BCUT2D eigenvalue weighted by molar-refractivity contribution is 7.38. The van der Waals surface area contributed by atoms with E-state index in [4.69, 9.17) is 0 Å². The molecule has 4 nitrogen and oxygen atoms in total. The van der Waals surface area contributed by atoms with Crippen LogP contribution >= 0.6 is 8.03 Å². The van der Waals surface area contributed by atoms with Gasteiger partial charge in [-0.3, -0.25) is 4.57 Å². The number of alkyl halides is 11. The van der Waals surface area contributed by atoms with Crippen molar-refractivity contribution in [3.8, 4) is 0 Å². The third-order valence-electron chi connectivity index (χ3n) is 2.70. The lowest BCUT2D eigenvalue weighted by molar-refractivity contribution is -0.400. The fourth-order valence-corrected chi connectivity index (χ4v) is 1.68. The zero-order valence-corrected chi connectivity index (χ0v) is 14.3. The van der Waals surface area contributed by atoms with E-state index in [1.54, 1.807) is 0 Å². The van der Waals surface area contributed by atoms with Crippen LogP contribution in [0, 0.1) is 0 Å². The van der Waals surface area contributed by atoms with E-state index in [1.165, 1.54) is 6.66 Å². The molecule has 0 N–H and O–H groups in total. The summed E-state index contributed by atoms with van der Waals surface area (Å²) in [7, 11) is -2.32. The highest BCUT2D eigenvalue weighted by atomic mass is 31.1. The largest absolute Gasteiger partial charge is 0.459 e. The van der Waals surface area contributed by atoms with Gasteiger partial charge in [0, 0.05) is 13.3 Å². The zero-order valence-electron chi connectivity index (χ0n) is 13.3. The first-order valence-electron chi connectivity index (χ1n) is 6.80. The zero-order chi connectivity index (χ0) is 21.7. The molecular formula is C11H14F11O4P. The maximum atomic E-state index is 13.2. The molecule has 0 spiro atoms. The van der Waals surface area contributed by atoms with Crippen molar-refractivity contribution in [2.75, 3.05) is 33.1 Å². The molecule has 0 aliphatic heterocycles. The molecular weight excluding hydrogens is 436 g/mol. The monoisotopic (exact) mass is 450 g/mol. The Morgan fingerprint density at radius 3 is 1.74 bits per heavy atom. The van der Waals surface area contributed by atoms with E-state index in [0.717, 1.165) is 0 Å². The Balaban J connectivity index is 4.72. The summed E-state index contributed by atoms with van der Waals surface area (Å²) in [6.07, 6.45) is -12.8. The van der Waals surface area contributed by atoms with Crippen molar-refractivity contribution in [2.24, 2.45) is 0 Å². The first-order chi connectivity index (χ1) is 11.9. The van der Waals surface area contributed by atoms with Gasteiger partial charge in [-0.25, -0.2) is 0 Å². The molecule has 0 saturated heterocycles. The molecule has 164 valence electrons. The predicted octanol–water partition coefficient (Wildman–Crippen LogP) is 4.59. The molecule has 1 atom stereocenters. The highest BCUT2D eigenvalue weighted by Gasteiger charge is 2.74. The molecule has 0 aromatic heterocycles. The summed E-state index contributed by atoms with van der Waals surface area (Å²) in [5.41, 5.74) is 0. The average Bonchev–Trinajstić information content (AvgIpc) is 2.47. The lowest BCUT2D eigenvalue weighted by Gasteiger charge is -2.31. The van der Waals surface area contributed by atoms with Crippen LogP contribution in [-0.2, 0) is 18.6 Å². The van der Waals surface area contributed by atoms with Gasteiger partial charge >= 0.3 is 30.1 Å². The van der Waals surface area contributed by atoms with Gasteiger partial charge in [0.05, 0.1) is 6.61 Å². The number of rotatable bonds is 12. The second-order valence-corrected chi connectivity index (χ2v) is 6.30. The molecule has 16 heteroatoms.